The first-order chi connectivity index (χ1) is 10.2. The summed E-state index contributed by atoms with van der Waals surface area (Å²) in [5.41, 5.74) is 1.47. The first-order valence-electron chi connectivity index (χ1n) is 7.70. The van der Waals surface area contributed by atoms with E-state index in [-0.39, 0.29) is 12.9 Å². The molecule has 0 aliphatic heterocycles. The summed E-state index contributed by atoms with van der Waals surface area (Å²) >= 11 is -2.06. The summed E-state index contributed by atoms with van der Waals surface area (Å²) in [4.78, 5) is 7.09. The topological polar surface area (TPSA) is 27.7 Å². The molecule has 0 bridgehead atoms. The Morgan fingerprint density at radius 3 is 2.32 bits per heavy atom. The molecule has 0 N–H and O–H groups in total. The molecule has 124 valence electrons. The summed E-state index contributed by atoms with van der Waals surface area (Å²) in [6, 6.07) is 10.2. The molecule has 0 amide bonds. The molecular formula is C18H30O3Sn. The van der Waals surface area contributed by atoms with E-state index in [1.54, 1.807) is 7.11 Å². The SMILES string of the molecule is C=C(c1ccccc1)[C@](C)(O[CH2][Sn]([CH3])([CH3])[CH3])[C@H](C)OCOC. The fraction of sp³-hybridized carbons (Fsp3) is 0.556. The zero-order chi connectivity index (χ0) is 16.8. The molecule has 2 atom stereocenters. The molecule has 4 heteroatoms. The predicted molar refractivity (Wildman–Crippen MR) is 95.6 cm³/mol. The van der Waals surface area contributed by atoms with Gasteiger partial charge in [-0.05, 0) is 0 Å². The van der Waals surface area contributed by atoms with Gasteiger partial charge in [0.25, 0.3) is 0 Å². The number of methoxy groups -OCH3 is 1. The summed E-state index contributed by atoms with van der Waals surface area (Å²) in [6.07, 6.45) is -0.145. The van der Waals surface area contributed by atoms with Gasteiger partial charge in [0, 0.05) is 0 Å². The van der Waals surface area contributed by atoms with Crippen molar-refractivity contribution in [3.63, 3.8) is 0 Å². The van der Waals surface area contributed by atoms with Gasteiger partial charge < -0.3 is 0 Å². The fourth-order valence-corrected chi connectivity index (χ4v) is 4.16. The Labute approximate surface area is 139 Å². The Hall–Kier alpha value is -0.361. The molecule has 0 saturated heterocycles. The summed E-state index contributed by atoms with van der Waals surface area (Å²) in [6.45, 7) is 8.64. The maximum absolute atomic E-state index is 6.38. The van der Waals surface area contributed by atoms with Crippen LogP contribution in [0.3, 0.4) is 0 Å². The average molecular weight is 413 g/mol. The second kappa shape index (κ2) is 8.48. The monoisotopic (exact) mass is 414 g/mol. The zero-order valence-corrected chi connectivity index (χ0v) is 17.7. The summed E-state index contributed by atoms with van der Waals surface area (Å²) in [7, 11) is 1.63. The molecule has 0 saturated carbocycles. The molecule has 0 aliphatic rings. The summed E-state index contributed by atoms with van der Waals surface area (Å²) < 4.78 is 18.0. The van der Waals surface area contributed by atoms with Gasteiger partial charge in [-0.25, -0.2) is 0 Å². The molecule has 0 spiro atoms. The van der Waals surface area contributed by atoms with Crippen LogP contribution in [0.15, 0.2) is 36.9 Å². The van der Waals surface area contributed by atoms with Crippen LogP contribution in [-0.4, -0.2) is 48.6 Å². The van der Waals surface area contributed by atoms with E-state index >= 15 is 0 Å². The maximum atomic E-state index is 6.38. The Morgan fingerprint density at radius 1 is 1.23 bits per heavy atom. The van der Waals surface area contributed by atoms with Crippen LogP contribution in [0.5, 0.6) is 0 Å². The van der Waals surface area contributed by atoms with Gasteiger partial charge in [-0.1, -0.05) is 0 Å². The third-order valence-corrected chi connectivity index (χ3v) is 6.62. The molecule has 1 aromatic carbocycles. The van der Waals surface area contributed by atoms with Gasteiger partial charge in [0.15, 0.2) is 0 Å². The molecule has 0 unspecified atom stereocenters. The van der Waals surface area contributed by atoms with Crippen LogP contribution in [0, 0.1) is 0 Å². The van der Waals surface area contributed by atoms with Crippen LogP contribution in [0.4, 0.5) is 0 Å². The first kappa shape index (κ1) is 19.7. The third-order valence-electron chi connectivity index (χ3n) is 3.74. The molecule has 0 fully saturated rings. The van der Waals surface area contributed by atoms with Gasteiger partial charge in [0.1, 0.15) is 0 Å². The third kappa shape index (κ3) is 5.69. The van der Waals surface area contributed by atoms with Crippen molar-refractivity contribution in [1.82, 2.24) is 0 Å². The standard InChI is InChI=1S/C15H21O3.3CH3.Sn/c1-12(14-9-7-6-8-10-14)15(3,17-5)13(2)18-11-16-4;;;;/h6-10,13H,1,5,11H2,2-4H3;3*1H3;/t13-,15-;;;;/m0..../s1. The van der Waals surface area contributed by atoms with Crippen molar-refractivity contribution in [2.75, 3.05) is 18.5 Å². The van der Waals surface area contributed by atoms with E-state index in [1.165, 1.54) is 0 Å². The van der Waals surface area contributed by atoms with E-state index in [0.29, 0.717) is 0 Å². The first-order valence-corrected chi connectivity index (χ1v) is 18.3. The Bertz CT molecular complexity index is 467. The van der Waals surface area contributed by atoms with Crippen LogP contribution in [0.1, 0.15) is 19.4 Å². The fourth-order valence-electron chi connectivity index (χ4n) is 2.07. The number of hydrogen-bond acceptors (Lipinski definition) is 3. The molecule has 3 nitrogen and oxygen atoms in total. The molecular weight excluding hydrogens is 383 g/mol. The normalized spacial score (nSPS) is 16.1. The number of benzene rings is 1. The van der Waals surface area contributed by atoms with Crippen molar-refractivity contribution in [2.45, 2.75) is 40.4 Å². The quantitative estimate of drug-likeness (QED) is 0.445. The predicted octanol–water partition coefficient (Wildman–Crippen LogP) is 4.36. The number of rotatable bonds is 9. The molecule has 1 rings (SSSR count). The Kier molecular flexibility index (Phi) is 7.59. The Balaban J connectivity index is 3.01. The molecule has 0 aromatic heterocycles. The van der Waals surface area contributed by atoms with Gasteiger partial charge >= 0.3 is 140 Å². The summed E-state index contributed by atoms with van der Waals surface area (Å²) in [5.74, 6) is 0. The van der Waals surface area contributed by atoms with Gasteiger partial charge in [0.2, 0.25) is 0 Å². The van der Waals surface area contributed by atoms with Crippen molar-refractivity contribution in [2.24, 2.45) is 0 Å². The summed E-state index contributed by atoms with van der Waals surface area (Å²) in [5, 5.41) is 0. The second-order valence-corrected chi connectivity index (χ2v) is 22.5. The molecule has 22 heavy (non-hydrogen) atoms. The molecule has 1 aromatic rings. The van der Waals surface area contributed by atoms with Crippen LogP contribution < -0.4 is 0 Å². The number of hydrogen-bond donors (Lipinski definition) is 0. The van der Waals surface area contributed by atoms with E-state index < -0.39 is 24.0 Å². The van der Waals surface area contributed by atoms with Crippen LogP contribution >= 0.6 is 0 Å². The van der Waals surface area contributed by atoms with Gasteiger partial charge in [0.05, 0.1) is 0 Å². The molecule has 0 aliphatic carbocycles. The van der Waals surface area contributed by atoms with Crippen LogP contribution in [0.25, 0.3) is 5.57 Å². The van der Waals surface area contributed by atoms with Crippen LogP contribution in [-0.2, 0) is 14.2 Å². The Morgan fingerprint density at radius 2 is 1.82 bits per heavy atom. The minimum atomic E-state index is -2.06. The van der Waals surface area contributed by atoms with E-state index in [2.05, 4.69) is 40.5 Å². The van der Waals surface area contributed by atoms with Gasteiger partial charge in [-0.2, -0.15) is 0 Å². The van der Waals surface area contributed by atoms with Crippen LogP contribution in [0.2, 0.25) is 14.8 Å². The van der Waals surface area contributed by atoms with E-state index in [0.717, 1.165) is 15.8 Å². The van der Waals surface area contributed by atoms with Gasteiger partial charge in [-0.3, -0.25) is 0 Å². The van der Waals surface area contributed by atoms with Crippen molar-refractivity contribution in [1.29, 1.82) is 0 Å². The van der Waals surface area contributed by atoms with E-state index in [9.17, 15) is 0 Å². The zero-order valence-electron chi connectivity index (χ0n) is 14.8. The van der Waals surface area contributed by atoms with E-state index in [1.807, 2.05) is 25.1 Å². The second-order valence-electron chi connectivity index (χ2n) is 7.02. The van der Waals surface area contributed by atoms with Gasteiger partial charge in [-0.15, -0.1) is 0 Å². The van der Waals surface area contributed by atoms with Crippen molar-refractivity contribution < 1.29 is 14.2 Å². The van der Waals surface area contributed by atoms with Crippen molar-refractivity contribution in [3.05, 3.63) is 42.5 Å². The van der Waals surface area contributed by atoms with E-state index in [4.69, 9.17) is 14.2 Å². The average Bonchev–Trinajstić information content (AvgIpc) is 2.49. The van der Waals surface area contributed by atoms with Crippen molar-refractivity contribution in [3.8, 4) is 0 Å². The molecule has 0 heterocycles. The van der Waals surface area contributed by atoms with Crippen molar-refractivity contribution >= 4 is 24.0 Å². The number of ether oxygens (including phenoxy) is 3. The minimum absolute atomic E-state index is 0.145. The molecule has 0 radical (unpaired) electrons.